The van der Waals surface area contributed by atoms with E-state index in [0.717, 1.165) is 45.6 Å². The Morgan fingerprint density at radius 2 is 2.28 bits per heavy atom. The number of likely N-dealkylation sites (N-methyl/N-ethyl adjacent to an activating group) is 1. The van der Waals surface area contributed by atoms with Crippen molar-refractivity contribution < 1.29 is 9.53 Å². The minimum Gasteiger partial charge on any atom is -0.381 e. The molecule has 0 radical (unpaired) electrons. The van der Waals surface area contributed by atoms with E-state index in [4.69, 9.17) is 4.74 Å². The smallest absolute Gasteiger partial charge is 0.239 e. The summed E-state index contributed by atoms with van der Waals surface area (Å²) < 4.78 is 5.41. The Hall–Kier alpha value is -0.610. The molecule has 0 aromatic carbocycles. The molecular weight excluding hydrogens is 228 g/mol. The highest BCUT2D eigenvalue weighted by Gasteiger charge is 2.35. The number of ether oxygens (including phenoxy) is 1. The molecule has 2 rings (SSSR count). The molecule has 2 aliphatic heterocycles. The second kappa shape index (κ2) is 5.57. The summed E-state index contributed by atoms with van der Waals surface area (Å²) in [7, 11) is 1.89. The van der Waals surface area contributed by atoms with E-state index in [0.29, 0.717) is 5.92 Å². The fourth-order valence-corrected chi connectivity index (χ4v) is 2.96. The fraction of sp³-hybridized carbons (Fsp3) is 0.929. The SMILES string of the molecule is CNC1CC(C)(C)CCN(CC2CCOC2)C1=O. The van der Waals surface area contributed by atoms with Gasteiger partial charge in [0.15, 0.2) is 0 Å². The first-order chi connectivity index (χ1) is 8.52. The van der Waals surface area contributed by atoms with Gasteiger partial charge in [0.05, 0.1) is 12.6 Å². The molecule has 2 aliphatic rings. The van der Waals surface area contributed by atoms with Crippen LogP contribution in [0.2, 0.25) is 0 Å². The Morgan fingerprint density at radius 3 is 2.89 bits per heavy atom. The van der Waals surface area contributed by atoms with Crippen molar-refractivity contribution in [2.45, 2.75) is 39.2 Å². The molecule has 1 amide bonds. The highest BCUT2D eigenvalue weighted by atomic mass is 16.5. The van der Waals surface area contributed by atoms with Gasteiger partial charge in [0.2, 0.25) is 5.91 Å². The Morgan fingerprint density at radius 1 is 1.50 bits per heavy atom. The van der Waals surface area contributed by atoms with Gasteiger partial charge in [-0.3, -0.25) is 4.79 Å². The third kappa shape index (κ3) is 3.23. The van der Waals surface area contributed by atoms with Gasteiger partial charge in [-0.15, -0.1) is 0 Å². The average molecular weight is 254 g/mol. The predicted molar refractivity (Wildman–Crippen MR) is 71.4 cm³/mol. The monoisotopic (exact) mass is 254 g/mol. The van der Waals surface area contributed by atoms with Crippen LogP contribution in [-0.4, -0.2) is 50.2 Å². The summed E-state index contributed by atoms with van der Waals surface area (Å²) in [5.74, 6) is 0.808. The molecule has 2 unspecified atom stereocenters. The van der Waals surface area contributed by atoms with Crippen molar-refractivity contribution in [1.29, 1.82) is 0 Å². The fourth-order valence-electron chi connectivity index (χ4n) is 2.96. The number of nitrogens with one attached hydrogen (secondary N) is 1. The molecule has 0 saturated carbocycles. The zero-order valence-electron chi connectivity index (χ0n) is 11.9. The molecule has 0 bridgehead atoms. The summed E-state index contributed by atoms with van der Waals surface area (Å²) in [5.41, 5.74) is 0.240. The minimum absolute atomic E-state index is 0.0233. The summed E-state index contributed by atoms with van der Waals surface area (Å²) in [6.07, 6.45) is 3.11. The standard InChI is InChI=1S/C14H26N2O2/c1-14(2)5-6-16(9-11-4-7-18-10-11)13(17)12(8-14)15-3/h11-12,15H,4-10H2,1-3H3. The van der Waals surface area contributed by atoms with Crippen LogP contribution in [0.5, 0.6) is 0 Å². The van der Waals surface area contributed by atoms with Gasteiger partial charge in [0.25, 0.3) is 0 Å². The molecule has 4 nitrogen and oxygen atoms in total. The minimum atomic E-state index is -0.0233. The maximum Gasteiger partial charge on any atom is 0.239 e. The summed E-state index contributed by atoms with van der Waals surface area (Å²) in [4.78, 5) is 14.5. The van der Waals surface area contributed by atoms with Gasteiger partial charge in [-0.05, 0) is 31.7 Å². The van der Waals surface area contributed by atoms with Crippen LogP contribution < -0.4 is 5.32 Å². The van der Waals surface area contributed by atoms with Crippen molar-refractivity contribution in [2.75, 3.05) is 33.4 Å². The Balaban J connectivity index is 2.02. The van der Waals surface area contributed by atoms with Crippen molar-refractivity contribution in [2.24, 2.45) is 11.3 Å². The van der Waals surface area contributed by atoms with E-state index >= 15 is 0 Å². The van der Waals surface area contributed by atoms with Crippen molar-refractivity contribution in [3.63, 3.8) is 0 Å². The van der Waals surface area contributed by atoms with E-state index in [1.54, 1.807) is 0 Å². The van der Waals surface area contributed by atoms with E-state index in [2.05, 4.69) is 24.1 Å². The summed E-state index contributed by atoms with van der Waals surface area (Å²) in [6, 6.07) is -0.0233. The summed E-state index contributed by atoms with van der Waals surface area (Å²) >= 11 is 0. The lowest BCUT2D eigenvalue weighted by Crippen LogP contribution is -2.46. The van der Waals surface area contributed by atoms with E-state index < -0.39 is 0 Å². The molecule has 4 heteroatoms. The molecule has 2 fully saturated rings. The van der Waals surface area contributed by atoms with Crippen LogP contribution in [0.4, 0.5) is 0 Å². The zero-order valence-corrected chi connectivity index (χ0v) is 11.9. The van der Waals surface area contributed by atoms with E-state index in [1.165, 1.54) is 0 Å². The molecule has 0 aliphatic carbocycles. The number of hydrogen-bond donors (Lipinski definition) is 1. The quantitative estimate of drug-likeness (QED) is 0.824. The maximum absolute atomic E-state index is 12.5. The van der Waals surface area contributed by atoms with Crippen LogP contribution in [0, 0.1) is 11.3 Å². The van der Waals surface area contributed by atoms with E-state index in [9.17, 15) is 4.79 Å². The van der Waals surface area contributed by atoms with Crippen molar-refractivity contribution in [3.8, 4) is 0 Å². The van der Waals surface area contributed by atoms with Gasteiger partial charge in [0, 0.05) is 25.6 Å². The Labute approximate surface area is 110 Å². The van der Waals surface area contributed by atoms with Gasteiger partial charge in [-0.1, -0.05) is 13.8 Å². The number of likely N-dealkylation sites (tertiary alicyclic amines) is 1. The van der Waals surface area contributed by atoms with E-state index in [1.807, 2.05) is 7.05 Å². The lowest BCUT2D eigenvalue weighted by atomic mass is 9.83. The van der Waals surface area contributed by atoms with E-state index in [-0.39, 0.29) is 17.4 Å². The molecule has 1 N–H and O–H groups in total. The maximum atomic E-state index is 12.5. The number of carbonyl (C=O) groups excluding carboxylic acids is 1. The van der Waals surface area contributed by atoms with Crippen molar-refractivity contribution in [1.82, 2.24) is 10.2 Å². The third-order valence-electron chi connectivity index (χ3n) is 4.28. The van der Waals surface area contributed by atoms with Crippen molar-refractivity contribution >= 4 is 5.91 Å². The van der Waals surface area contributed by atoms with Crippen LogP contribution in [0.1, 0.15) is 33.1 Å². The van der Waals surface area contributed by atoms with Gasteiger partial charge >= 0.3 is 0 Å². The Kier molecular flexibility index (Phi) is 4.28. The highest BCUT2D eigenvalue weighted by molar-refractivity contribution is 5.82. The first-order valence-electron chi connectivity index (χ1n) is 7.05. The average Bonchev–Trinajstić information content (AvgIpc) is 2.79. The molecule has 2 saturated heterocycles. The van der Waals surface area contributed by atoms with Gasteiger partial charge in [0.1, 0.15) is 0 Å². The topological polar surface area (TPSA) is 41.6 Å². The highest BCUT2D eigenvalue weighted by Crippen LogP contribution is 2.31. The zero-order chi connectivity index (χ0) is 13.2. The van der Waals surface area contributed by atoms with Crippen LogP contribution in [0.25, 0.3) is 0 Å². The summed E-state index contributed by atoms with van der Waals surface area (Å²) in [6.45, 7) is 7.94. The van der Waals surface area contributed by atoms with Gasteiger partial charge in [-0.2, -0.15) is 0 Å². The largest absolute Gasteiger partial charge is 0.381 e. The third-order valence-corrected chi connectivity index (χ3v) is 4.28. The number of nitrogens with zero attached hydrogens (tertiary/aromatic N) is 1. The molecular formula is C14H26N2O2. The summed E-state index contributed by atoms with van der Waals surface area (Å²) in [5, 5.41) is 3.18. The molecule has 0 aromatic heterocycles. The van der Waals surface area contributed by atoms with Crippen LogP contribution >= 0.6 is 0 Å². The lowest BCUT2D eigenvalue weighted by Gasteiger charge is -2.26. The molecule has 104 valence electrons. The first kappa shape index (κ1) is 13.8. The Bertz CT molecular complexity index is 298. The van der Waals surface area contributed by atoms with Gasteiger partial charge < -0.3 is 15.0 Å². The number of amides is 1. The number of carbonyl (C=O) groups is 1. The second-order valence-electron chi connectivity index (χ2n) is 6.47. The first-order valence-corrected chi connectivity index (χ1v) is 7.05. The van der Waals surface area contributed by atoms with Crippen LogP contribution in [0.15, 0.2) is 0 Å². The number of rotatable bonds is 3. The lowest BCUT2D eigenvalue weighted by molar-refractivity contribution is -0.133. The van der Waals surface area contributed by atoms with Crippen molar-refractivity contribution in [3.05, 3.63) is 0 Å². The molecule has 2 atom stereocenters. The predicted octanol–water partition coefficient (Wildman–Crippen LogP) is 1.26. The van der Waals surface area contributed by atoms with Crippen LogP contribution in [-0.2, 0) is 9.53 Å². The molecule has 18 heavy (non-hydrogen) atoms. The number of hydrogen-bond acceptors (Lipinski definition) is 3. The normalized spacial score (nSPS) is 32.6. The second-order valence-corrected chi connectivity index (χ2v) is 6.47. The molecule has 0 spiro atoms. The van der Waals surface area contributed by atoms with Crippen LogP contribution in [0.3, 0.4) is 0 Å². The molecule has 2 heterocycles. The van der Waals surface area contributed by atoms with Gasteiger partial charge in [-0.25, -0.2) is 0 Å². The molecule has 0 aromatic rings.